The van der Waals surface area contributed by atoms with Crippen molar-refractivity contribution in [3.63, 3.8) is 0 Å². The third-order valence-electron chi connectivity index (χ3n) is 5.78. The molecular formula is C25H28ClN3O3. The van der Waals surface area contributed by atoms with E-state index in [0.717, 1.165) is 19.6 Å². The van der Waals surface area contributed by atoms with Crippen molar-refractivity contribution in [3.8, 4) is 5.75 Å². The predicted molar refractivity (Wildman–Crippen MR) is 127 cm³/mol. The van der Waals surface area contributed by atoms with Crippen molar-refractivity contribution in [1.82, 2.24) is 9.80 Å². The number of piperazine rings is 1. The van der Waals surface area contributed by atoms with E-state index in [1.807, 2.05) is 24.8 Å². The van der Waals surface area contributed by atoms with Crippen molar-refractivity contribution in [2.45, 2.75) is 26.9 Å². The molecule has 2 aliphatic heterocycles. The quantitative estimate of drug-likeness (QED) is 0.617. The summed E-state index contributed by atoms with van der Waals surface area (Å²) in [6.07, 6.45) is -0.0107. The maximum atomic E-state index is 13.7. The van der Waals surface area contributed by atoms with Crippen LogP contribution in [-0.2, 0) is 9.59 Å². The summed E-state index contributed by atoms with van der Waals surface area (Å²) < 4.78 is 5.78. The number of carbonyl (C=O) groups excluding carboxylic acids is 2. The minimum Gasteiger partial charge on any atom is -0.491 e. The molecule has 7 heteroatoms. The molecule has 0 spiro atoms. The molecule has 2 heterocycles. The number of amides is 2. The monoisotopic (exact) mass is 453 g/mol. The third-order valence-corrected chi connectivity index (χ3v) is 6.03. The molecule has 2 aromatic carbocycles. The van der Waals surface area contributed by atoms with Crippen molar-refractivity contribution in [2.75, 3.05) is 37.6 Å². The van der Waals surface area contributed by atoms with Crippen LogP contribution in [0.3, 0.4) is 0 Å². The van der Waals surface area contributed by atoms with Gasteiger partial charge in [-0.3, -0.25) is 9.59 Å². The first-order chi connectivity index (χ1) is 15.4. The predicted octanol–water partition coefficient (Wildman–Crippen LogP) is 4.05. The van der Waals surface area contributed by atoms with E-state index >= 15 is 0 Å². The topological polar surface area (TPSA) is 53.1 Å². The molecule has 2 aliphatic rings. The fraction of sp³-hybridized carbons (Fsp3) is 0.360. The van der Waals surface area contributed by atoms with E-state index in [2.05, 4.69) is 11.8 Å². The van der Waals surface area contributed by atoms with Gasteiger partial charge in [0.2, 0.25) is 0 Å². The highest BCUT2D eigenvalue weighted by Crippen LogP contribution is 2.36. The van der Waals surface area contributed by atoms with Crippen LogP contribution >= 0.6 is 11.6 Å². The Kier molecular flexibility index (Phi) is 6.53. The highest BCUT2D eigenvalue weighted by atomic mass is 35.5. The van der Waals surface area contributed by atoms with Gasteiger partial charge in [-0.05, 0) is 50.2 Å². The molecule has 4 rings (SSSR count). The SMILES string of the molecule is CCN1CCN(C2=C(c3ccc(Cl)cc3)C(=O)N(c3cccc(OC(C)C)c3)C2=O)CC1. The summed E-state index contributed by atoms with van der Waals surface area (Å²) in [7, 11) is 0. The summed E-state index contributed by atoms with van der Waals surface area (Å²) in [5.41, 5.74) is 2.08. The first-order valence-electron chi connectivity index (χ1n) is 11.0. The summed E-state index contributed by atoms with van der Waals surface area (Å²) in [4.78, 5) is 33.0. The number of carbonyl (C=O) groups is 2. The zero-order valence-electron chi connectivity index (χ0n) is 18.7. The van der Waals surface area contributed by atoms with Gasteiger partial charge < -0.3 is 14.5 Å². The smallest absolute Gasteiger partial charge is 0.282 e. The van der Waals surface area contributed by atoms with Crippen molar-refractivity contribution in [2.24, 2.45) is 0 Å². The Morgan fingerprint density at radius 2 is 1.66 bits per heavy atom. The number of likely N-dealkylation sites (N-methyl/N-ethyl adjacent to an activating group) is 1. The Balaban J connectivity index is 1.74. The Bertz CT molecular complexity index is 1040. The van der Waals surface area contributed by atoms with Crippen LogP contribution in [0.2, 0.25) is 5.02 Å². The zero-order chi connectivity index (χ0) is 22.8. The van der Waals surface area contributed by atoms with E-state index in [1.165, 1.54) is 4.90 Å². The van der Waals surface area contributed by atoms with Gasteiger partial charge in [0.25, 0.3) is 11.8 Å². The van der Waals surface area contributed by atoms with Crippen molar-refractivity contribution in [1.29, 1.82) is 0 Å². The molecule has 0 bridgehead atoms. The van der Waals surface area contributed by atoms with Gasteiger partial charge in [-0.2, -0.15) is 0 Å². The maximum absolute atomic E-state index is 13.7. The molecule has 0 atom stereocenters. The van der Waals surface area contributed by atoms with Crippen molar-refractivity contribution < 1.29 is 14.3 Å². The van der Waals surface area contributed by atoms with E-state index in [9.17, 15) is 9.59 Å². The molecule has 2 amide bonds. The zero-order valence-corrected chi connectivity index (χ0v) is 19.4. The normalized spacial score (nSPS) is 17.7. The summed E-state index contributed by atoms with van der Waals surface area (Å²) in [5, 5.41) is 0.583. The third kappa shape index (κ3) is 4.38. The molecule has 6 nitrogen and oxygen atoms in total. The van der Waals surface area contributed by atoms with Crippen LogP contribution in [-0.4, -0.2) is 60.4 Å². The fourth-order valence-electron chi connectivity index (χ4n) is 4.18. The van der Waals surface area contributed by atoms with E-state index in [-0.39, 0.29) is 17.9 Å². The Morgan fingerprint density at radius 1 is 0.969 bits per heavy atom. The summed E-state index contributed by atoms with van der Waals surface area (Å²) >= 11 is 6.08. The molecular weight excluding hydrogens is 426 g/mol. The van der Waals surface area contributed by atoms with Gasteiger partial charge in [-0.15, -0.1) is 0 Å². The van der Waals surface area contributed by atoms with Gasteiger partial charge in [0.1, 0.15) is 11.4 Å². The summed E-state index contributed by atoms with van der Waals surface area (Å²) in [5.74, 6) is -0.00492. The van der Waals surface area contributed by atoms with Crippen LogP contribution in [0.25, 0.3) is 5.57 Å². The molecule has 0 radical (unpaired) electrons. The lowest BCUT2D eigenvalue weighted by Crippen LogP contribution is -2.47. The number of nitrogens with zero attached hydrogens (tertiary/aromatic N) is 3. The standard InChI is InChI=1S/C25H28ClN3O3/c1-4-27-12-14-28(15-13-27)23-22(18-8-10-19(26)11-9-18)24(30)29(25(23)31)20-6-5-7-21(16-20)32-17(2)3/h5-11,16-17H,4,12-15H2,1-3H3. The van der Waals surface area contributed by atoms with E-state index in [4.69, 9.17) is 16.3 Å². The first kappa shape index (κ1) is 22.4. The summed E-state index contributed by atoms with van der Waals surface area (Å²) in [6, 6.07) is 14.2. The lowest BCUT2D eigenvalue weighted by molar-refractivity contribution is -0.120. The van der Waals surface area contributed by atoms with Gasteiger partial charge in [-0.25, -0.2) is 4.90 Å². The highest BCUT2D eigenvalue weighted by molar-refractivity contribution is 6.45. The average molecular weight is 454 g/mol. The number of benzene rings is 2. The van der Waals surface area contributed by atoms with Gasteiger partial charge in [0.15, 0.2) is 0 Å². The van der Waals surface area contributed by atoms with E-state index in [1.54, 1.807) is 42.5 Å². The number of hydrogen-bond acceptors (Lipinski definition) is 5. The van der Waals surface area contributed by atoms with Crippen LogP contribution in [0.1, 0.15) is 26.3 Å². The molecule has 0 unspecified atom stereocenters. The lowest BCUT2D eigenvalue weighted by Gasteiger charge is -2.36. The molecule has 0 aromatic heterocycles. The molecule has 2 aromatic rings. The number of rotatable bonds is 6. The number of ether oxygens (including phenoxy) is 1. The van der Waals surface area contributed by atoms with Crippen LogP contribution in [0.15, 0.2) is 54.2 Å². The summed E-state index contributed by atoms with van der Waals surface area (Å²) in [6.45, 7) is 10.1. The Hall–Kier alpha value is -2.83. The van der Waals surface area contributed by atoms with Gasteiger partial charge >= 0.3 is 0 Å². The van der Waals surface area contributed by atoms with Gasteiger partial charge in [0, 0.05) is 37.3 Å². The maximum Gasteiger partial charge on any atom is 0.282 e. The lowest BCUT2D eigenvalue weighted by atomic mass is 10.0. The van der Waals surface area contributed by atoms with Crippen LogP contribution in [0.5, 0.6) is 5.75 Å². The van der Waals surface area contributed by atoms with Crippen LogP contribution in [0, 0.1) is 0 Å². The Morgan fingerprint density at radius 3 is 2.28 bits per heavy atom. The van der Waals surface area contributed by atoms with Crippen molar-refractivity contribution >= 4 is 34.7 Å². The molecule has 0 aliphatic carbocycles. The van der Waals surface area contributed by atoms with Crippen LogP contribution < -0.4 is 9.64 Å². The Labute approximate surface area is 194 Å². The number of anilines is 1. The second-order valence-electron chi connectivity index (χ2n) is 8.26. The van der Waals surface area contributed by atoms with Crippen molar-refractivity contribution in [3.05, 3.63) is 64.8 Å². The largest absolute Gasteiger partial charge is 0.491 e. The second-order valence-corrected chi connectivity index (χ2v) is 8.70. The molecule has 0 N–H and O–H groups in total. The van der Waals surface area contributed by atoms with Gasteiger partial charge in [-0.1, -0.05) is 36.7 Å². The number of imide groups is 1. The number of halogens is 1. The average Bonchev–Trinajstić information content (AvgIpc) is 3.04. The minimum atomic E-state index is -0.327. The van der Waals surface area contributed by atoms with E-state index < -0.39 is 0 Å². The molecule has 1 fully saturated rings. The van der Waals surface area contributed by atoms with Gasteiger partial charge in [0.05, 0.1) is 17.4 Å². The fourth-order valence-corrected chi connectivity index (χ4v) is 4.30. The minimum absolute atomic E-state index is 0.0107. The first-order valence-corrected chi connectivity index (χ1v) is 11.4. The highest BCUT2D eigenvalue weighted by Gasteiger charge is 2.43. The van der Waals surface area contributed by atoms with Crippen LogP contribution in [0.4, 0.5) is 5.69 Å². The number of hydrogen-bond donors (Lipinski definition) is 0. The second kappa shape index (κ2) is 9.35. The van der Waals surface area contributed by atoms with E-state index in [0.29, 0.717) is 46.4 Å². The molecule has 0 saturated carbocycles. The molecule has 1 saturated heterocycles. The molecule has 168 valence electrons. The molecule has 32 heavy (non-hydrogen) atoms.